The maximum absolute atomic E-state index is 10.9. The largest absolute Gasteiger partial charge is 0.392 e. The van der Waals surface area contributed by atoms with Crippen molar-refractivity contribution in [2.75, 3.05) is 25.1 Å². The molecule has 1 saturated heterocycles. The summed E-state index contributed by atoms with van der Waals surface area (Å²) in [6.07, 6.45) is 3.82. The summed E-state index contributed by atoms with van der Waals surface area (Å²) < 4.78 is 25.0. The molecule has 0 radical (unpaired) electrons. The Morgan fingerprint density at radius 3 is 2.56 bits per heavy atom. The van der Waals surface area contributed by atoms with Gasteiger partial charge in [0.25, 0.3) is 0 Å². The second-order valence-electron chi connectivity index (χ2n) is 7.28. The number of hydrogen-bond donors (Lipinski definition) is 2. The van der Waals surface area contributed by atoms with Crippen LogP contribution >= 0.6 is 11.6 Å². The molecule has 2 unspecified atom stereocenters. The first-order valence-corrected chi connectivity index (χ1v) is 11.2. The summed E-state index contributed by atoms with van der Waals surface area (Å²) in [5.41, 5.74) is 7.47. The Kier molecular flexibility index (Phi) is 7.07. The number of halogens is 1. The van der Waals surface area contributed by atoms with Crippen molar-refractivity contribution in [2.24, 2.45) is 5.92 Å². The highest BCUT2D eigenvalue weighted by Crippen LogP contribution is 2.29. The van der Waals surface area contributed by atoms with Crippen molar-refractivity contribution in [3.63, 3.8) is 0 Å². The Labute approximate surface area is 165 Å². The average molecular weight is 418 g/mol. The van der Waals surface area contributed by atoms with Gasteiger partial charge in [-0.25, -0.2) is 17.9 Å². The van der Waals surface area contributed by atoms with E-state index in [4.69, 9.17) is 22.4 Å². The van der Waals surface area contributed by atoms with Crippen LogP contribution in [0.15, 0.2) is 12.3 Å². The summed E-state index contributed by atoms with van der Waals surface area (Å²) in [5, 5.41) is 14.0. The predicted molar refractivity (Wildman–Crippen MR) is 107 cm³/mol. The fraction of sp³-hybridized carbons (Fsp3) is 0.647. The van der Waals surface area contributed by atoms with Crippen LogP contribution in [0.5, 0.6) is 0 Å². The Balaban J connectivity index is 0.000000208. The number of anilines is 1. The summed E-state index contributed by atoms with van der Waals surface area (Å²) in [7, 11) is -3.09. The van der Waals surface area contributed by atoms with Crippen molar-refractivity contribution in [1.82, 2.24) is 18.9 Å². The molecular formula is C17H28ClN5O3S. The lowest BCUT2D eigenvalue weighted by molar-refractivity contribution is 0.108. The van der Waals surface area contributed by atoms with E-state index in [0.29, 0.717) is 29.8 Å². The lowest BCUT2D eigenvalue weighted by atomic mass is 9.95. The molecule has 0 bridgehead atoms. The third kappa shape index (κ3) is 5.54. The van der Waals surface area contributed by atoms with E-state index >= 15 is 0 Å². The van der Waals surface area contributed by atoms with Crippen molar-refractivity contribution in [1.29, 1.82) is 0 Å². The zero-order valence-corrected chi connectivity index (χ0v) is 17.7. The van der Waals surface area contributed by atoms with Gasteiger partial charge in [0, 0.05) is 24.7 Å². The van der Waals surface area contributed by atoms with Crippen LogP contribution in [0.4, 0.5) is 5.95 Å². The average Bonchev–Trinajstić information content (AvgIpc) is 2.90. The van der Waals surface area contributed by atoms with Crippen LogP contribution < -0.4 is 5.73 Å². The molecule has 3 rings (SSSR count). The molecule has 27 heavy (non-hydrogen) atoms. The molecule has 1 aliphatic heterocycles. The molecule has 152 valence electrons. The van der Waals surface area contributed by atoms with Crippen LogP contribution in [0.2, 0.25) is 5.02 Å². The van der Waals surface area contributed by atoms with Crippen LogP contribution in [0.25, 0.3) is 5.52 Å². The standard InChI is InChI=1S/C11H15ClN4.C6H13NO3S/c1-6(2)7(3)9-4-8(12)10-5-14-11(13)15-16(9)10;1-11(9,10)7-4-2-3-6(8)5-7/h4-7H,1-3H3,(H2,13,15);6,8H,2-5H2,1H3. The number of aromatic nitrogens is 3. The molecule has 10 heteroatoms. The normalized spacial score (nSPS) is 19.7. The zero-order chi connectivity index (χ0) is 20.4. The number of piperidine rings is 1. The second kappa shape index (κ2) is 8.72. The Bertz CT molecular complexity index is 884. The van der Waals surface area contributed by atoms with Gasteiger partial charge in [-0.3, -0.25) is 0 Å². The molecule has 2 aromatic heterocycles. The van der Waals surface area contributed by atoms with Gasteiger partial charge in [-0.2, -0.15) is 4.31 Å². The molecule has 0 spiro atoms. The summed E-state index contributed by atoms with van der Waals surface area (Å²) in [5.74, 6) is 1.15. The Morgan fingerprint density at radius 2 is 2.04 bits per heavy atom. The minimum atomic E-state index is -3.09. The minimum Gasteiger partial charge on any atom is -0.392 e. The number of fused-ring (bicyclic) bond motifs is 1. The van der Waals surface area contributed by atoms with E-state index in [1.807, 2.05) is 6.07 Å². The van der Waals surface area contributed by atoms with Crippen molar-refractivity contribution >= 4 is 33.1 Å². The van der Waals surface area contributed by atoms with E-state index in [0.717, 1.165) is 17.6 Å². The molecule has 3 heterocycles. The van der Waals surface area contributed by atoms with Crippen LogP contribution in [0, 0.1) is 5.92 Å². The van der Waals surface area contributed by atoms with Crippen LogP contribution in [-0.2, 0) is 10.0 Å². The molecule has 8 nitrogen and oxygen atoms in total. The van der Waals surface area contributed by atoms with Crippen LogP contribution in [0.1, 0.15) is 45.2 Å². The maximum atomic E-state index is 10.9. The fourth-order valence-electron chi connectivity index (χ4n) is 2.88. The monoisotopic (exact) mass is 417 g/mol. The smallest absolute Gasteiger partial charge is 0.238 e. The SMILES string of the molecule is CC(C)C(C)c1cc(Cl)c2cnc(N)nn12.CS(=O)(=O)N1CCCC(O)C1. The third-order valence-corrected chi connectivity index (χ3v) is 6.38. The predicted octanol–water partition coefficient (Wildman–Crippen LogP) is 2.13. The van der Waals surface area contributed by atoms with Crippen LogP contribution in [0.3, 0.4) is 0 Å². The molecule has 2 aromatic rings. The van der Waals surface area contributed by atoms with Gasteiger partial charge in [0.05, 0.1) is 23.6 Å². The fourth-order valence-corrected chi connectivity index (χ4v) is 4.02. The third-order valence-electron chi connectivity index (χ3n) is 4.81. The number of nitrogen functional groups attached to an aromatic ring is 1. The molecule has 2 atom stereocenters. The number of nitrogens with two attached hydrogens (primary N) is 1. The van der Waals surface area contributed by atoms with Gasteiger partial charge in [0.2, 0.25) is 16.0 Å². The quantitative estimate of drug-likeness (QED) is 0.790. The number of β-amino-alcohol motifs (C(OH)–C–C–N with tert-alkyl or cyclic N) is 1. The van der Waals surface area contributed by atoms with E-state index in [2.05, 4.69) is 30.9 Å². The lowest BCUT2D eigenvalue weighted by Crippen LogP contribution is -2.41. The summed E-state index contributed by atoms with van der Waals surface area (Å²) in [4.78, 5) is 3.95. The highest BCUT2D eigenvalue weighted by Gasteiger charge is 2.24. The lowest BCUT2D eigenvalue weighted by Gasteiger charge is -2.27. The van der Waals surface area contributed by atoms with Gasteiger partial charge >= 0.3 is 0 Å². The molecule has 0 saturated carbocycles. The van der Waals surface area contributed by atoms with Gasteiger partial charge in [-0.15, -0.1) is 5.10 Å². The topological polar surface area (TPSA) is 114 Å². The Hall–Kier alpha value is -1.42. The van der Waals surface area contributed by atoms with E-state index in [1.54, 1.807) is 10.7 Å². The first kappa shape index (κ1) is 21.9. The van der Waals surface area contributed by atoms with Gasteiger partial charge in [-0.05, 0) is 24.8 Å². The van der Waals surface area contributed by atoms with E-state index in [1.165, 1.54) is 10.6 Å². The molecule has 0 amide bonds. The van der Waals surface area contributed by atoms with E-state index in [9.17, 15) is 8.42 Å². The second-order valence-corrected chi connectivity index (χ2v) is 9.67. The van der Waals surface area contributed by atoms with E-state index < -0.39 is 16.1 Å². The number of hydrogen-bond acceptors (Lipinski definition) is 6. The molecule has 0 aromatic carbocycles. The van der Waals surface area contributed by atoms with Crippen molar-refractivity contribution in [2.45, 2.75) is 45.6 Å². The van der Waals surface area contributed by atoms with Crippen molar-refractivity contribution < 1.29 is 13.5 Å². The van der Waals surface area contributed by atoms with Gasteiger partial charge in [0.15, 0.2) is 0 Å². The summed E-state index contributed by atoms with van der Waals surface area (Å²) in [6.45, 7) is 7.31. The van der Waals surface area contributed by atoms with Gasteiger partial charge < -0.3 is 10.8 Å². The highest BCUT2D eigenvalue weighted by atomic mass is 35.5. The van der Waals surface area contributed by atoms with Gasteiger partial charge in [0.1, 0.15) is 5.52 Å². The van der Waals surface area contributed by atoms with Crippen LogP contribution in [-0.4, -0.2) is 57.9 Å². The minimum absolute atomic E-state index is 0.261. The van der Waals surface area contributed by atoms with Crippen molar-refractivity contribution in [3.05, 3.63) is 23.0 Å². The molecule has 3 N–H and O–H groups in total. The number of sulfonamides is 1. The number of aliphatic hydroxyl groups excluding tert-OH is 1. The molecule has 1 aliphatic rings. The molecule has 1 fully saturated rings. The number of aliphatic hydroxyl groups is 1. The first-order chi connectivity index (χ1) is 12.5. The number of rotatable bonds is 3. The van der Waals surface area contributed by atoms with Gasteiger partial charge in [-0.1, -0.05) is 32.4 Å². The molecular weight excluding hydrogens is 390 g/mol. The first-order valence-electron chi connectivity index (χ1n) is 8.93. The summed E-state index contributed by atoms with van der Waals surface area (Å²) in [6, 6.07) is 1.94. The van der Waals surface area contributed by atoms with E-state index in [-0.39, 0.29) is 12.5 Å². The molecule has 0 aliphatic carbocycles. The summed E-state index contributed by atoms with van der Waals surface area (Å²) >= 11 is 6.14. The maximum Gasteiger partial charge on any atom is 0.238 e. The Morgan fingerprint density at radius 1 is 1.37 bits per heavy atom. The number of nitrogens with zero attached hydrogens (tertiary/aromatic N) is 4. The zero-order valence-electron chi connectivity index (χ0n) is 16.1. The van der Waals surface area contributed by atoms with Crippen molar-refractivity contribution in [3.8, 4) is 0 Å². The highest BCUT2D eigenvalue weighted by molar-refractivity contribution is 7.88.